The Kier molecular flexibility index (Phi) is 6.05. The molecule has 0 bridgehead atoms. The van der Waals surface area contributed by atoms with Gasteiger partial charge in [0.15, 0.2) is 0 Å². The van der Waals surface area contributed by atoms with E-state index in [1.807, 2.05) is 0 Å². The monoisotopic (exact) mass is 318 g/mol. The number of hydrogen-bond donors (Lipinski definition) is 0. The Morgan fingerprint density at radius 3 is 2.43 bits per heavy atom. The molecule has 0 aromatic rings. The van der Waals surface area contributed by atoms with Gasteiger partial charge in [-0.1, -0.05) is 0 Å². The van der Waals surface area contributed by atoms with E-state index in [1.165, 1.54) is 0 Å². The van der Waals surface area contributed by atoms with Crippen LogP contribution in [-0.4, -0.2) is 68.3 Å². The maximum atomic E-state index is 12.5. The van der Waals surface area contributed by atoms with Crippen LogP contribution >= 0.6 is 0 Å². The zero-order valence-electron chi connectivity index (χ0n) is 13.6. The molecule has 2 saturated heterocycles. The fraction of sp³-hybridized carbons (Fsp3) is 1.00. The molecule has 0 aromatic carbocycles. The van der Waals surface area contributed by atoms with Gasteiger partial charge in [0.05, 0.1) is 11.9 Å². The standard InChI is InChI=1S/C15H30N2O3S/c1-13(2)17-9-6-14(7-10-17)16(3)21(18,19)12-8-15-5-4-11-20-15/h13-15H,4-12H2,1-3H3. The summed E-state index contributed by atoms with van der Waals surface area (Å²) in [5.74, 6) is 0.221. The topological polar surface area (TPSA) is 49.9 Å². The summed E-state index contributed by atoms with van der Waals surface area (Å²) in [6.07, 6.45) is 4.73. The van der Waals surface area contributed by atoms with Crippen LogP contribution in [0.5, 0.6) is 0 Å². The molecule has 6 heteroatoms. The van der Waals surface area contributed by atoms with E-state index < -0.39 is 10.0 Å². The number of likely N-dealkylation sites (tertiary alicyclic amines) is 1. The van der Waals surface area contributed by atoms with E-state index >= 15 is 0 Å². The second-order valence-corrected chi connectivity index (χ2v) is 8.76. The molecule has 1 unspecified atom stereocenters. The summed E-state index contributed by atoms with van der Waals surface area (Å²) >= 11 is 0. The maximum Gasteiger partial charge on any atom is 0.214 e. The van der Waals surface area contributed by atoms with Gasteiger partial charge in [-0.3, -0.25) is 0 Å². The smallest absolute Gasteiger partial charge is 0.214 e. The second-order valence-electron chi connectivity index (χ2n) is 6.62. The summed E-state index contributed by atoms with van der Waals surface area (Å²) in [5, 5.41) is 0. The van der Waals surface area contributed by atoms with Gasteiger partial charge < -0.3 is 9.64 Å². The summed E-state index contributed by atoms with van der Waals surface area (Å²) in [4.78, 5) is 2.42. The predicted octanol–water partition coefficient (Wildman–Crippen LogP) is 1.69. The van der Waals surface area contributed by atoms with Crippen LogP contribution in [0, 0.1) is 0 Å². The van der Waals surface area contributed by atoms with Crippen LogP contribution < -0.4 is 0 Å². The average Bonchev–Trinajstić information content (AvgIpc) is 2.98. The third kappa shape index (κ3) is 4.65. The van der Waals surface area contributed by atoms with Crippen molar-refractivity contribution in [2.24, 2.45) is 0 Å². The lowest BCUT2D eigenvalue weighted by Gasteiger charge is -2.38. The van der Waals surface area contributed by atoms with Gasteiger partial charge in [-0.2, -0.15) is 0 Å². The highest BCUT2D eigenvalue weighted by molar-refractivity contribution is 7.89. The zero-order chi connectivity index (χ0) is 15.5. The molecule has 0 aliphatic carbocycles. The Balaban J connectivity index is 1.82. The molecule has 124 valence electrons. The van der Waals surface area contributed by atoms with Gasteiger partial charge in [0, 0.05) is 25.7 Å². The molecule has 1 atom stereocenters. The summed E-state index contributed by atoms with van der Waals surface area (Å²) < 4.78 is 32.1. The van der Waals surface area contributed by atoms with Gasteiger partial charge in [-0.05, 0) is 59.0 Å². The molecular weight excluding hydrogens is 288 g/mol. The van der Waals surface area contributed by atoms with E-state index in [9.17, 15) is 8.42 Å². The van der Waals surface area contributed by atoms with E-state index in [0.29, 0.717) is 12.5 Å². The minimum Gasteiger partial charge on any atom is -0.378 e. The molecular formula is C15H30N2O3S. The molecule has 2 fully saturated rings. The molecule has 0 saturated carbocycles. The van der Waals surface area contributed by atoms with E-state index in [2.05, 4.69) is 18.7 Å². The van der Waals surface area contributed by atoms with E-state index in [0.717, 1.165) is 45.4 Å². The van der Waals surface area contributed by atoms with Crippen LogP contribution in [0.15, 0.2) is 0 Å². The zero-order valence-corrected chi connectivity index (χ0v) is 14.4. The first-order valence-electron chi connectivity index (χ1n) is 8.21. The molecule has 2 aliphatic heterocycles. The minimum absolute atomic E-state index is 0.149. The highest BCUT2D eigenvalue weighted by Crippen LogP contribution is 2.22. The highest BCUT2D eigenvalue weighted by atomic mass is 32.2. The summed E-state index contributed by atoms with van der Waals surface area (Å²) in [7, 11) is -1.40. The molecule has 0 spiro atoms. The van der Waals surface area contributed by atoms with Crippen LogP contribution in [0.25, 0.3) is 0 Å². The molecule has 0 radical (unpaired) electrons. The Labute approximate surface area is 129 Å². The van der Waals surface area contributed by atoms with Gasteiger partial charge in [0.2, 0.25) is 10.0 Å². The molecule has 21 heavy (non-hydrogen) atoms. The summed E-state index contributed by atoms with van der Waals surface area (Å²) in [6.45, 7) is 7.17. The number of sulfonamides is 1. The van der Waals surface area contributed by atoms with Gasteiger partial charge >= 0.3 is 0 Å². The van der Waals surface area contributed by atoms with Crippen molar-refractivity contribution in [3.05, 3.63) is 0 Å². The maximum absolute atomic E-state index is 12.5. The van der Waals surface area contributed by atoms with Crippen molar-refractivity contribution in [1.29, 1.82) is 0 Å². The fourth-order valence-electron chi connectivity index (χ4n) is 3.29. The third-order valence-electron chi connectivity index (χ3n) is 4.90. The molecule has 2 rings (SSSR count). The fourth-order valence-corrected chi connectivity index (χ4v) is 4.80. The lowest BCUT2D eigenvalue weighted by molar-refractivity contribution is 0.108. The van der Waals surface area contributed by atoms with E-state index in [4.69, 9.17) is 4.74 Å². The van der Waals surface area contributed by atoms with Crippen molar-refractivity contribution >= 4 is 10.0 Å². The molecule has 2 heterocycles. The lowest BCUT2D eigenvalue weighted by Crippen LogP contribution is -2.47. The number of rotatable bonds is 6. The van der Waals surface area contributed by atoms with Crippen LogP contribution in [0.2, 0.25) is 0 Å². The van der Waals surface area contributed by atoms with Crippen LogP contribution in [0.3, 0.4) is 0 Å². The Bertz CT molecular complexity index is 411. The van der Waals surface area contributed by atoms with E-state index in [-0.39, 0.29) is 17.9 Å². The van der Waals surface area contributed by atoms with Crippen LogP contribution in [0.1, 0.15) is 46.0 Å². The number of hydrogen-bond acceptors (Lipinski definition) is 4. The van der Waals surface area contributed by atoms with Gasteiger partial charge in [0.1, 0.15) is 0 Å². The molecule has 2 aliphatic rings. The SMILES string of the molecule is CC(C)N1CCC(N(C)S(=O)(=O)CCC2CCCO2)CC1. The van der Waals surface area contributed by atoms with Crippen LogP contribution in [-0.2, 0) is 14.8 Å². The first-order chi connectivity index (χ1) is 9.90. The second kappa shape index (κ2) is 7.40. The minimum atomic E-state index is -3.15. The Morgan fingerprint density at radius 1 is 1.24 bits per heavy atom. The molecule has 0 amide bonds. The average molecular weight is 318 g/mol. The van der Waals surface area contributed by atoms with E-state index in [1.54, 1.807) is 11.4 Å². The first kappa shape index (κ1) is 17.2. The van der Waals surface area contributed by atoms with Crippen molar-refractivity contribution < 1.29 is 13.2 Å². The van der Waals surface area contributed by atoms with Gasteiger partial charge in [-0.25, -0.2) is 12.7 Å². The van der Waals surface area contributed by atoms with Crippen molar-refractivity contribution in [3.8, 4) is 0 Å². The largest absolute Gasteiger partial charge is 0.378 e. The summed E-state index contributed by atoms with van der Waals surface area (Å²) in [5.41, 5.74) is 0. The highest BCUT2D eigenvalue weighted by Gasteiger charge is 2.31. The third-order valence-corrected chi connectivity index (χ3v) is 6.83. The quantitative estimate of drug-likeness (QED) is 0.748. The van der Waals surface area contributed by atoms with Crippen molar-refractivity contribution in [1.82, 2.24) is 9.21 Å². The Hall–Kier alpha value is -0.170. The van der Waals surface area contributed by atoms with Crippen molar-refractivity contribution in [3.63, 3.8) is 0 Å². The first-order valence-corrected chi connectivity index (χ1v) is 9.82. The van der Waals surface area contributed by atoms with Crippen molar-refractivity contribution in [2.75, 3.05) is 32.5 Å². The van der Waals surface area contributed by atoms with Crippen molar-refractivity contribution in [2.45, 2.75) is 64.1 Å². The molecule has 0 aromatic heterocycles. The number of nitrogens with zero attached hydrogens (tertiary/aromatic N) is 2. The van der Waals surface area contributed by atoms with Gasteiger partial charge in [-0.15, -0.1) is 0 Å². The lowest BCUT2D eigenvalue weighted by atomic mass is 10.0. The normalized spacial score (nSPS) is 26.0. The summed E-state index contributed by atoms with van der Waals surface area (Å²) in [6, 6.07) is 0.710. The molecule has 5 nitrogen and oxygen atoms in total. The van der Waals surface area contributed by atoms with Crippen LogP contribution in [0.4, 0.5) is 0 Å². The predicted molar refractivity (Wildman–Crippen MR) is 84.9 cm³/mol. The number of ether oxygens (including phenoxy) is 1. The van der Waals surface area contributed by atoms with Gasteiger partial charge in [0.25, 0.3) is 0 Å². The molecule has 0 N–H and O–H groups in total. The Morgan fingerprint density at radius 2 is 1.90 bits per heavy atom. The number of piperidine rings is 1.